The lowest BCUT2D eigenvalue weighted by atomic mass is 10.5. The van der Waals surface area contributed by atoms with Gasteiger partial charge in [-0.15, -0.1) is 0 Å². The second-order valence-corrected chi connectivity index (χ2v) is 3.61. The van der Waals surface area contributed by atoms with Crippen molar-refractivity contribution in [2.45, 2.75) is 6.54 Å². The summed E-state index contributed by atoms with van der Waals surface area (Å²) in [5.74, 6) is 2.17. The molecule has 0 bridgehead atoms. The number of nitrogen functional groups attached to an aromatic ring is 1. The van der Waals surface area contributed by atoms with Gasteiger partial charge in [0.05, 0.1) is 18.9 Å². The Kier molecular flexibility index (Phi) is 2.72. The Hall–Kier alpha value is -2.11. The van der Waals surface area contributed by atoms with Crippen LogP contribution in [0.25, 0.3) is 0 Å². The largest absolute Gasteiger partial charge is 0.382 e. The minimum atomic E-state index is 0.425. The zero-order valence-corrected chi connectivity index (χ0v) is 9.33. The van der Waals surface area contributed by atoms with Crippen LogP contribution in [0.3, 0.4) is 0 Å². The van der Waals surface area contributed by atoms with Crippen LogP contribution in [0.15, 0.2) is 24.8 Å². The number of anilines is 2. The van der Waals surface area contributed by atoms with E-state index in [-0.39, 0.29) is 0 Å². The van der Waals surface area contributed by atoms with Gasteiger partial charge < -0.3 is 15.2 Å². The first-order valence-electron chi connectivity index (χ1n) is 4.91. The van der Waals surface area contributed by atoms with Gasteiger partial charge in [0.1, 0.15) is 17.5 Å². The molecule has 2 rings (SSSR count). The number of aromatic nitrogens is 4. The second kappa shape index (κ2) is 4.18. The van der Waals surface area contributed by atoms with Crippen molar-refractivity contribution in [1.82, 2.24) is 19.5 Å². The number of aryl methyl sites for hydroxylation is 1. The highest BCUT2D eigenvalue weighted by Crippen LogP contribution is 2.10. The Morgan fingerprint density at radius 2 is 2.12 bits per heavy atom. The van der Waals surface area contributed by atoms with Gasteiger partial charge in [-0.3, -0.25) is 0 Å². The SMILES string of the molecule is CN(Cc1nccn1C)c1cnc(N)cn1. The standard InChI is InChI=1S/C10H14N6/c1-15-4-3-12-10(15)7-16(2)9-6-13-8(11)5-14-9/h3-6H,7H2,1-2H3,(H2,11,13). The highest BCUT2D eigenvalue weighted by Gasteiger charge is 2.06. The maximum absolute atomic E-state index is 5.48. The Morgan fingerprint density at radius 3 is 2.69 bits per heavy atom. The van der Waals surface area contributed by atoms with Crippen LogP contribution in [0.5, 0.6) is 0 Å². The van der Waals surface area contributed by atoms with Crippen LogP contribution in [0.1, 0.15) is 5.82 Å². The first-order chi connectivity index (χ1) is 7.66. The summed E-state index contributed by atoms with van der Waals surface area (Å²) >= 11 is 0. The van der Waals surface area contributed by atoms with E-state index in [0.29, 0.717) is 12.4 Å². The van der Waals surface area contributed by atoms with Gasteiger partial charge in [0.2, 0.25) is 0 Å². The monoisotopic (exact) mass is 218 g/mol. The van der Waals surface area contributed by atoms with Crippen molar-refractivity contribution in [1.29, 1.82) is 0 Å². The highest BCUT2D eigenvalue weighted by molar-refractivity contribution is 5.38. The highest BCUT2D eigenvalue weighted by atomic mass is 15.2. The zero-order chi connectivity index (χ0) is 11.5. The van der Waals surface area contributed by atoms with E-state index >= 15 is 0 Å². The maximum atomic E-state index is 5.48. The van der Waals surface area contributed by atoms with Crippen LogP contribution in [-0.2, 0) is 13.6 Å². The van der Waals surface area contributed by atoms with Crippen LogP contribution in [0, 0.1) is 0 Å². The molecule has 0 atom stereocenters. The second-order valence-electron chi connectivity index (χ2n) is 3.61. The molecular weight excluding hydrogens is 204 g/mol. The topological polar surface area (TPSA) is 72.9 Å². The van der Waals surface area contributed by atoms with Gasteiger partial charge in [0.15, 0.2) is 0 Å². The first kappa shape index (κ1) is 10.4. The fourth-order valence-electron chi connectivity index (χ4n) is 1.37. The normalized spacial score (nSPS) is 10.4. The molecule has 0 saturated heterocycles. The Morgan fingerprint density at radius 1 is 1.31 bits per heavy atom. The zero-order valence-electron chi connectivity index (χ0n) is 9.33. The fourth-order valence-corrected chi connectivity index (χ4v) is 1.37. The average Bonchev–Trinajstić information content (AvgIpc) is 2.65. The van der Waals surface area contributed by atoms with Crippen LogP contribution < -0.4 is 10.6 Å². The summed E-state index contributed by atoms with van der Waals surface area (Å²) in [7, 11) is 3.90. The van der Waals surface area contributed by atoms with Crippen LogP contribution in [0.2, 0.25) is 0 Å². The molecule has 0 fully saturated rings. The summed E-state index contributed by atoms with van der Waals surface area (Å²) in [6.07, 6.45) is 6.89. The average molecular weight is 218 g/mol. The molecule has 0 radical (unpaired) electrons. The van der Waals surface area contributed by atoms with Crippen molar-refractivity contribution in [3.05, 3.63) is 30.6 Å². The third kappa shape index (κ3) is 2.10. The van der Waals surface area contributed by atoms with Crippen LogP contribution in [0.4, 0.5) is 11.6 Å². The minimum Gasteiger partial charge on any atom is -0.382 e. The molecule has 0 amide bonds. The third-order valence-electron chi connectivity index (χ3n) is 2.35. The van der Waals surface area contributed by atoms with Gasteiger partial charge in [-0.05, 0) is 0 Å². The van der Waals surface area contributed by atoms with Gasteiger partial charge in [-0.2, -0.15) is 0 Å². The van der Waals surface area contributed by atoms with E-state index in [4.69, 9.17) is 5.73 Å². The number of nitrogens with zero attached hydrogens (tertiary/aromatic N) is 5. The van der Waals surface area contributed by atoms with Crippen molar-refractivity contribution in [3.63, 3.8) is 0 Å². The van der Waals surface area contributed by atoms with Gasteiger partial charge in [-0.25, -0.2) is 15.0 Å². The smallest absolute Gasteiger partial charge is 0.147 e. The van der Waals surface area contributed by atoms with E-state index in [1.165, 1.54) is 0 Å². The van der Waals surface area contributed by atoms with Crippen molar-refractivity contribution >= 4 is 11.6 Å². The molecule has 6 nitrogen and oxygen atoms in total. The van der Waals surface area contributed by atoms with Crippen molar-refractivity contribution in [2.75, 3.05) is 17.7 Å². The molecule has 0 aliphatic rings. The number of rotatable bonds is 3. The van der Waals surface area contributed by atoms with E-state index in [1.54, 1.807) is 18.6 Å². The molecule has 0 saturated carbocycles. The number of hydrogen-bond donors (Lipinski definition) is 1. The van der Waals surface area contributed by atoms with Gasteiger partial charge >= 0.3 is 0 Å². The molecule has 2 N–H and O–H groups in total. The number of hydrogen-bond acceptors (Lipinski definition) is 5. The van der Waals surface area contributed by atoms with E-state index in [1.807, 2.05) is 29.8 Å². The lowest BCUT2D eigenvalue weighted by Gasteiger charge is -2.17. The molecule has 2 aromatic heterocycles. The third-order valence-corrected chi connectivity index (χ3v) is 2.35. The van der Waals surface area contributed by atoms with Crippen LogP contribution in [-0.4, -0.2) is 26.6 Å². The predicted molar refractivity (Wildman–Crippen MR) is 61.8 cm³/mol. The molecule has 0 aliphatic carbocycles. The maximum Gasteiger partial charge on any atom is 0.147 e. The van der Waals surface area contributed by atoms with Crippen molar-refractivity contribution < 1.29 is 0 Å². The minimum absolute atomic E-state index is 0.425. The molecule has 6 heteroatoms. The van der Waals surface area contributed by atoms with E-state index in [0.717, 1.165) is 11.6 Å². The van der Waals surface area contributed by atoms with Crippen molar-refractivity contribution in [3.8, 4) is 0 Å². The van der Waals surface area contributed by atoms with Gasteiger partial charge in [-0.1, -0.05) is 0 Å². The lowest BCUT2D eigenvalue weighted by Crippen LogP contribution is -2.20. The van der Waals surface area contributed by atoms with Crippen LogP contribution >= 0.6 is 0 Å². The summed E-state index contributed by atoms with van der Waals surface area (Å²) in [5.41, 5.74) is 5.48. The van der Waals surface area contributed by atoms with Gasteiger partial charge in [0.25, 0.3) is 0 Å². The fraction of sp³-hybridized carbons (Fsp3) is 0.300. The van der Waals surface area contributed by atoms with Gasteiger partial charge in [0, 0.05) is 26.5 Å². The molecule has 0 spiro atoms. The molecule has 84 valence electrons. The Bertz CT molecular complexity index is 460. The molecular formula is C10H14N6. The van der Waals surface area contributed by atoms with E-state index < -0.39 is 0 Å². The molecule has 2 heterocycles. The summed E-state index contributed by atoms with van der Waals surface area (Å²) < 4.78 is 1.97. The number of nitrogens with two attached hydrogens (primary N) is 1. The quantitative estimate of drug-likeness (QED) is 0.808. The number of imidazole rings is 1. The lowest BCUT2D eigenvalue weighted by molar-refractivity contribution is 0.754. The Balaban J connectivity index is 2.11. The summed E-state index contributed by atoms with van der Waals surface area (Å²) in [6.45, 7) is 0.683. The molecule has 0 aliphatic heterocycles. The molecule has 2 aromatic rings. The molecule has 0 aromatic carbocycles. The van der Waals surface area contributed by atoms with Crippen molar-refractivity contribution in [2.24, 2.45) is 7.05 Å². The molecule has 16 heavy (non-hydrogen) atoms. The summed E-state index contributed by atoms with van der Waals surface area (Å²) in [4.78, 5) is 14.4. The predicted octanol–water partition coefficient (Wildman–Crippen LogP) is 0.429. The summed E-state index contributed by atoms with van der Waals surface area (Å²) in [5, 5.41) is 0. The van der Waals surface area contributed by atoms with E-state index in [9.17, 15) is 0 Å². The van der Waals surface area contributed by atoms with E-state index in [2.05, 4.69) is 15.0 Å². The summed E-state index contributed by atoms with van der Waals surface area (Å²) in [6, 6.07) is 0. The Labute approximate surface area is 93.8 Å². The first-order valence-corrected chi connectivity index (χ1v) is 4.91. The molecule has 0 unspecified atom stereocenters.